The van der Waals surface area contributed by atoms with Crippen molar-refractivity contribution in [3.05, 3.63) is 0 Å². The van der Waals surface area contributed by atoms with Crippen LogP contribution in [0.2, 0.25) is 0 Å². The van der Waals surface area contributed by atoms with Crippen LogP contribution in [0.15, 0.2) is 0 Å². The van der Waals surface area contributed by atoms with Crippen LogP contribution in [0.25, 0.3) is 0 Å². The zero-order valence-corrected chi connectivity index (χ0v) is 4.85. The number of carbonyl (C=O) groups is 1. The third-order valence-corrected chi connectivity index (χ3v) is 0.724. The standard InChI is InChI=1S/C3H6O4S/c4-3(5)1-2-7-8-6/h6H,1-2H2,(H,4,5). The van der Waals surface area contributed by atoms with Gasteiger partial charge in [-0.1, -0.05) is 0 Å². The van der Waals surface area contributed by atoms with Gasteiger partial charge in [-0.2, -0.15) is 0 Å². The summed E-state index contributed by atoms with van der Waals surface area (Å²) in [7, 11) is 0. The van der Waals surface area contributed by atoms with E-state index in [9.17, 15) is 4.79 Å². The lowest BCUT2D eigenvalue weighted by Gasteiger charge is -1.90. The first-order valence-corrected chi connectivity index (χ1v) is 2.62. The van der Waals surface area contributed by atoms with Gasteiger partial charge in [-0.15, -0.1) is 0 Å². The summed E-state index contributed by atoms with van der Waals surface area (Å²) in [6.07, 6.45) is -0.0758. The Kier molecular flexibility index (Phi) is 4.73. The molecule has 8 heavy (non-hydrogen) atoms. The summed E-state index contributed by atoms with van der Waals surface area (Å²) in [5.74, 6) is -0.931. The van der Waals surface area contributed by atoms with Crippen LogP contribution in [0.1, 0.15) is 6.42 Å². The van der Waals surface area contributed by atoms with Crippen LogP contribution < -0.4 is 0 Å². The number of carboxylic acid groups (broad SMARTS) is 1. The molecule has 0 saturated carbocycles. The van der Waals surface area contributed by atoms with Crippen LogP contribution >= 0.6 is 12.3 Å². The predicted octanol–water partition coefficient (Wildman–Crippen LogP) is 0.599. The third-order valence-electron chi connectivity index (χ3n) is 0.452. The van der Waals surface area contributed by atoms with Crippen molar-refractivity contribution in [2.45, 2.75) is 6.42 Å². The number of hydrogen-bond donors (Lipinski definition) is 2. The molecule has 0 bridgehead atoms. The van der Waals surface area contributed by atoms with Crippen LogP contribution in [-0.2, 0) is 8.98 Å². The van der Waals surface area contributed by atoms with E-state index in [1.807, 2.05) is 0 Å². The molecule has 0 aliphatic carbocycles. The van der Waals surface area contributed by atoms with Gasteiger partial charge in [0, 0.05) is 0 Å². The Labute approximate surface area is 50.9 Å². The minimum Gasteiger partial charge on any atom is -0.481 e. The first kappa shape index (κ1) is 7.74. The molecular formula is C3H6O4S. The van der Waals surface area contributed by atoms with Crippen molar-refractivity contribution in [3.63, 3.8) is 0 Å². The monoisotopic (exact) mass is 138 g/mol. The molecule has 0 aliphatic rings. The molecule has 0 heterocycles. The highest BCUT2D eigenvalue weighted by Gasteiger charge is 1.94. The van der Waals surface area contributed by atoms with E-state index < -0.39 is 5.97 Å². The zero-order chi connectivity index (χ0) is 6.41. The van der Waals surface area contributed by atoms with E-state index in [-0.39, 0.29) is 25.4 Å². The van der Waals surface area contributed by atoms with Gasteiger partial charge in [-0.25, -0.2) is 0 Å². The molecule has 5 heteroatoms. The summed E-state index contributed by atoms with van der Waals surface area (Å²) >= 11 is 0.180. The van der Waals surface area contributed by atoms with Crippen LogP contribution in [-0.4, -0.2) is 22.2 Å². The van der Waals surface area contributed by atoms with E-state index >= 15 is 0 Å². The molecule has 0 atom stereocenters. The fraction of sp³-hybridized carbons (Fsp3) is 0.667. The maximum Gasteiger partial charge on any atom is 0.305 e. The molecule has 0 aromatic rings. The van der Waals surface area contributed by atoms with Gasteiger partial charge in [0.2, 0.25) is 0 Å². The summed E-state index contributed by atoms with van der Waals surface area (Å²) < 4.78 is 12.1. The number of aliphatic carboxylic acids is 1. The van der Waals surface area contributed by atoms with Crippen molar-refractivity contribution < 1.29 is 18.6 Å². The highest BCUT2D eigenvalue weighted by molar-refractivity contribution is 7.88. The highest BCUT2D eigenvalue weighted by Crippen LogP contribution is 1.94. The normalized spacial score (nSPS) is 9.12. The van der Waals surface area contributed by atoms with Gasteiger partial charge < -0.3 is 9.66 Å². The maximum absolute atomic E-state index is 9.70. The van der Waals surface area contributed by atoms with Crippen molar-refractivity contribution in [1.82, 2.24) is 0 Å². The van der Waals surface area contributed by atoms with Crippen LogP contribution in [0.4, 0.5) is 0 Å². The molecule has 0 unspecified atom stereocenters. The Morgan fingerprint density at radius 2 is 2.38 bits per heavy atom. The molecule has 0 rings (SSSR count). The largest absolute Gasteiger partial charge is 0.481 e. The first-order chi connectivity index (χ1) is 3.77. The van der Waals surface area contributed by atoms with Gasteiger partial charge in [0.1, 0.15) is 0 Å². The summed E-state index contributed by atoms with van der Waals surface area (Å²) in [6, 6.07) is 0. The average molecular weight is 138 g/mol. The summed E-state index contributed by atoms with van der Waals surface area (Å²) in [5.41, 5.74) is 0. The van der Waals surface area contributed by atoms with Crippen molar-refractivity contribution in [1.29, 1.82) is 0 Å². The molecule has 48 valence electrons. The zero-order valence-electron chi connectivity index (χ0n) is 4.03. The molecule has 0 amide bonds. The lowest BCUT2D eigenvalue weighted by atomic mass is 10.5. The van der Waals surface area contributed by atoms with E-state index in [0.717, 1.165) is 0 Å². The highest BCUT2D eigenvalue weighted by atomic mass is 32.2. The summed E-state index contributed by atoms with van der Waals surface area (Å²) in [5, 5.41) is 7.97. The smallest absolute Gasteiger partial charge is 0.305 e. The number of carboxylic acids is 1. The second-order valence-corrected chi connectivity index (χ2v) is 1.43. The van der Waals surface area contributed by atoms with E-state index in [4.69, 9.17) is 9.66 Å². The van der Waals surface area contributed by atoms with E-state index in [2.05, 4.69) is 4.18 Å². The van der Waals surface area contributed by atoms with E-state index in [0.29, 0.717) is 0 Å². The molecule has 0 radical (unpaired) electrons. The Bertz CT molecular complexity index is 73.7. The van der Waals surface area contributed by atoms with Crippen molar-refractivity contribution in [3.8, 4) is 0 Å². The van der Waals surface area contributed by atoms with Crippen LogP contribution in [0.3, 0.4) is 0 Å². The molecule has 0 fully saturated rings. The molecular weight excluding hydrogens is 132 g/mol. The van der Waals surface area contributed by atoms with Crippen LogP contribution in [0.5, 0.6) is 0 Å². The second-order valence-electron chi connectivity index (χ2n) is 1.04. The van der Waals surface area contributed by atoms with Gasteiger partial charge in [0.15, 0.2) is 12.3 Å². The molecule has 2 N–H and O–H groups in total. The second kappa shape index (κ2) is 4.89. The molecule has 0 aromatic heterocycles. The van der Waals surface area contributed by atoms with Crippen molar-refractivity contribution >= 4 is 18.3 Å². The van der Waals surface area contributed by atoms with Gasteiger partial charge >= 0.3 is 5.97 Å². The van der Waals surface area contributed by atoms with Gasteiger partial charge in [-0.3, -0.25) is 8.98 Å². The number of rotatable bonds is 4. The summed E-state index contributed by atoms with van der Waals surface area (Å²) in [4.78, 5) is 9.70. The topological polar surface area (TPSA) is 66.8 Å². The van der Waals surface area contributed by atoms with Crippen LogP contribution in [0, 0.1) is 0 Å². The Morgan fingerprint density at radius 1 is 1.75 bits per heavy atom. The average Bonchev–Trinajstić information content (AvgIpc) is 1.66. The maximum atomic E-state index is 9.70. The molecule has 0 spiro atoms. The lowest BCUT2D eigenvalue weighted by molar-refractivity contribution is -0.137. The van der Waals surface area contributed by atoms with Gasteiger partial charge in [0.05, 0.1) is 13.0 Å². The van der Waals surface area contributed by atoms with Crippen molar-refractivity contribution in [2.75, 3.05) is 6.61 Å². The predicted molar refractivity (Wildman–Crippen MR) is 28.4 cm³/mol. The SMILES string of the molecule is O=C(O)CCOSO. The Hall–Kier alpha value is -0.260. The minimum absolute atomic E-state index is 0.0382. The van der Waals surface area contributed by atoms with E-state index in [1.54, 1.807) is 0 Å². The molecule has 0 aliphatic heterocycles. The lowest BCUT2D eigenvalue weighted by Crippen LogP contribution is -1.98. The fourth-order valence-corrected chi connectivity index (χ4v) is 0.324. The quantitative estimate of drug-likeness (QED) is 0.440. The Morgan fingerprint density at radius 3 is 2.75 bits per heavy atom. The Balaban J connectivity index is 2.82. The van der Waals surface area contributed by atoms with Crippen molar-refractivity contribution in [2.24, 2.45) is 0 Å². The van der Waals surface area contributed by atoms with Gasteiger partial charge in [0.25, 0.3) is 0 Å². The number of hydrogen-bond acceptors (Lipinski definition) is 4. The van der Waals surface area contributed by atoms with Gasteiger partial charge in [-0.05, 0) is 0 Å². The summed E-state index contributed by atoms with van der Waals surface area (Å²) in [6.45, 7) is 0.0382. The van der Waals surface area contributed by atoms with E-state index in [1.165, 1.54) is 0 Å². The first-order valence-electron chi connectivity index (χ1n) is 1.92. The molecule has 0 aromatic carbocycles. The molecule has 0 saturated heterocycles. The fourth-order valence-electron chi connectivity index (χ4n) is 0.166. The third kappa shape index (κ3) is 5.74. The minimum atomic E-state index is -0.931. The molecule has 4 nitrogen and oxygen atoms in total.